The van der Waals surface area contributed by atoms with Gasteiger partial charge in [0.05, 0.1) is 12.0 Å². The topological polar surface area (TPSA) is 131 Å². The van der Waals surface area contributed by atoms with Crippen molar-refractivity contribution in [3.05, 3.63) is 27.8 Å². The summed E-state index contributed by atoms with van der Waals surface area (Å²) in [6, 6.07) is 1.94. The van der Waals surface area contributed by atoms with Gasteiger partial charge in [-0.25, -0.2) is 4.79 Å². The maximum absolute atomic E-state index is 12.2. The molecule has 1 aromatic carbocycles. The van der Waals surface area contributed by atoms with Gasteiger partial charge >= 0.3 is 11.7 Å². The first kappa shape index (κ1) is 18.2. The summed E-state index contributed by atoms with van der Waals surface area (Å²) in [5.74, 6) is -1.13. The number of benzene rings is 1. The van der Waals surface area contributed by atoms with Crippen molar-refractivity contribution >= 4 is 29.2 Å². The fraction of sp³-hybridized carbons (Fsp3) is 0.400. The molecule has 1 aromatic rings. The predicted molar refractivity (Wildman–Crippen MR) is 87.3 cm³/mol. The number of methoxy groups -OCH3 is 1. The number of nitro benzene ring substituents is 1. The molecule has 0 atom stereocenters. The quantitative estimate of drug-likeness (QED) is 0.466. The molecule has 10 nitrogen and oxygen atoms in total. The van der Waals surface area contributed by atoms with Gasteiger partial charge in [-0.15, -0.1) is 0 Å². The maximum atomic E-state index is 12.2. The van der Waals surface area contributed by atoms with E-state index in [1.165, 1.54) is 33.1 Å². The van der Waals surface area contributed by atoms with Crippen LogP contribution in [0.5, 0.6) is 5.75 Å². The van der Waals surface area contributed by atoms with E-state index in [1.54, 1.807) is 6.92 Å². The summed E-state index contributed by atoms with van der Waals surface area (Å²) in [5.41, 5.74) is -0.560. The van der Waals surface area contributed by atoms with Crippen LogP contribution in [0.2, 0.25) is 0 Å². The second-order valence-corrected chi connectivity index (χ2v) is 6.09. The van der Waals surface area contributed by atoms with Gasteiger partial charge in [0, 0.05) is 17.8 Å². The number of nitrogens with one attached hydrogen (secondary N) is 2. The molecule has 10 heteroatoms. The number of hydrogen-bond acceptors (Lipinski definition) is 6. The summed E-state index contributed by atoms with van der Waals surface area (Å²) in [6.45, 7) is 4.19. The predicted octanol–water partition coefficient (Wildman–Crippen LogP) is 1.18. The van der Waals surface area contributed by atoms with Gasteiger partial charge in [0.15, 0.2) is 5.75 Å². The molecule has 0 aliphatic carbocycles. The molecule has 0 saturated carbocycles. The van der Waals surface area contributed by atoms with Crippen LogP contribution in [0.1, 0.15) is 19.4 Å². The summed E-state index contributed by atoms with van der Waals surface area (Å²) in [4.78, 5) is 47.3. The second-order valence-electron chi connectivity index (χ2n) is 6.09. The molecule has 2 N–H and O–H groups in total. The lowest BCUT2D eigenvalue weighted by Crippen LogP contribution is -2.41. The molecule has 0 aromatic heterocycles. The summed E-state index contributed by atoms with van der Waals surface area (Å²) in [7, 11) is 1.28. The minimum absolute atomic E-state index is 0.0120. The molecule has 0 spiro atoms. The van der Waals surface area contributed by atoms with Crippen LogP contribution in [-0.4, -0.2) is 46.9 Å². The van der Waals surface area contributed by atoms with Crippen molar-refractivity contribution in [1.82, 2.24) is 10.2 Å². The number of hydrogen-bond donors (Lipinski definition) is 2. The molecule has 1 saturated heterocycles. The highest BCUT2D eigenvalue weighted by Crippen LogP contribution is 2.32. The Kier molecular flexibility index (Phi) is 4.64. The molecule has 1 fully saturated rings. The number of nitrogens with zero attached hydrogens (tertiary/aromatic N) is 2. The zero-order valence-electron chi connectivity index (χ0n) is 14.2. The monoisotopic (exact) mass is 350 g/mol. The summed E-state index contributed by atoms with van der Waals surface area (Å²) < 4.78 is 4.96. The van der Waals surface area contributed by atoms with E-state index in [-0.39, 0.29) is 11.4 Å². The fourth-order valence-corrected chi connectivity index (χ4v) is 2.41. The zero-order valence-corrected chi connectivity index (χ0v) is 14.2. The van der Waals surface area contributed by atoms with Crippen molar-refractivity contribution in [2.24, 2.45) is 0 Å². The number of rotatable bonds is 5. The highest BCUT2D eigenvalue weighted by molar-refractivity contribution is 6.09. The zero-order chi connectivity index (χ0) is 18.9. The number of imide groups is 1. The first-order chi connectivity index (χ1) is 11.6. The van der Waals surface area contributed by atoms with Crippen LogP contribution >= 0.6 is 0 Å². The lowest BCUT2D eigenvalue weighted by atomic mass is 10.1. The average Bonchev–Trinajstić information content (AvgIpc) is 2.70. The molecule has 4 amide bonds. The van der Waals surface area contributed by atoms with E-state index in [0.29, 0.717) is 11.3 Å². The van der Waals surface area contributed by atoms with Crippen LogP contribution in [0.4, 0.5) is 16.2 Å². The summed E-state index contributed by atoms with van der Waals surface area (Å²) in [5, 5.41) is 16.0. The van der Waals surface area contributed by atoms with Gasteiger partial charge in [-0.05, 0) is 26.3 Å². The van der Waals surface area contributed by atoms with Gasteiger partial charge in [0.1, 0.15) is 12.1 Å². The second kappa shape index (κ2) is 6.38. The molecule has 134 valence electrons. The fourth-order valence-electron chi connectivity index (χ4n) is 2.41. The normalized spacial score (nSPS) is 15.8. The van der Waals surface area contributed by atoms with Crippen LogP contribution in [0, 0.1) is 17.0 Å². The molecule has 1 aliphatic heterocycles. The van der Waals surface area contributed by atoms with Crippen molar-refractivity contribution in [2.75, 3.05) is 19.0 Å². The Labute approximate surface area is 143 Å². The first-order valence-electron chi connectivity index (χ1n) is 7.34. The standard InChI is InChI=1S/C15H18N4O6/c1-8-5-10(19(23)24)11(25-4)6-9(8)16-12(20)7-18-13(21)15(2,3)17-14(18)22/h5-6H,7H2,1-4H3,(H,16,20)(H,17,22). The Balaban J connectivity index is 2.17. The van der Waals surface area contributed by atoms with Crippen LogP contribution in [0.15, 0.2) is 12.1 Å². The first-order valence-corrected chi connectivity index (χ1v) is 7.34. The number of carbonyl (C=O) groups excluding carboxylic acids is 3. The number of urea groups is 1. The molecule has 0 bridgehead atoms. The van der Waals surface area contributed by atoms with Gasteiger partial charge in [0.2, 0.25) is 5.91 Å². The molecule has 0 radical (unpaired) electrons. The van der Waals surface area contributed by atoms with Crippen molar-refractivity contribution in [3.63, 3.8) is 0 Å². The third-order valence-electron chi connectivity index (χ3n) is 3.74. The number of anilines is 1. The molecule has 25 heavy (non-hydrogen) atoms. The summed E-state index contributed by atoms with van der Waals surface area (Å²) >= 11 is 0. The largest absolute Gasteiger partial charge is 0.490 e. The molecular formula is C15H18N4O6. The molecule has 1 aliphatic rings. The molecule has 1 heterocycles. The van der Waals surface area contributed by atoms with E-state index in [1.807, 2.05) is 0 Å². The minimum Gasteiger partial charge on any atom is -0.490 e. The van der Waals surface area contributed by atoms with Gasteiger partial charge in [0.25, 0.3) is 5.91 Å². The van der Waals surface area contributed by atoms with Crippen molar-refractivity contribution in [3.8, 4) is 5.75 Å². The lowest BCUT2D eigenvalue weighted by Gasteiger charge is -2.16. The number of amides is 4. The average molecular weight is 350 g/mol. The van der Waals surface area contributed by atoms with Crippen LogP contribution in [-0.2, 0) is 9.59 Å². The number of nitro groups is 1. The Morgan fingerprint density at radius 3 is 2.52 bits per heavy atom. The van der Waals surface area contributed by atoms with Crippen LogP contribution < -0.4 is 15.4 Å². The van der Waals surface area contributed by atoms with Gasteiger partial charge in [-0.1, -0.05) is 0 Å². The SMILES string of the molecule is COc1cc(NC(=O)CN2C(=O)NC(C)(C)C2=O)c(C)cc1[N+](=O)[O-]. The smallest absolute Gasteiger partial charge is 0.325 e. The maximum Gasteiger partial charge on any atom is 0.325 e. The van der Waals surface area contributed by atoms with E-state index in [4.69, 9.17) is 4.74 Å². The Hall–Kier alpha value is -3.17. The highest BCUT2D eigenvalue weighted by Gasteiger charge is 2.44. The van der Waals surface area contributed by atoms with Crippen molar-refractivity contribution < 1.29 is 24.0 Å². The third kappa shape index (κ3) is 3.52. The molecule has 0 unspecified atom stereocenters. The lowest BCUT2D eigenvalue weighted by molar-refractivity contribution is -0.385. The third-order valence-corrected chi connectivity index (χ3v) is 3.74. The van der Waals surface area contributed by atoms with Gasteiger partial charge in [-0.3, -0.25) is 24.6 Å². The number of ether oxygens (including phenoxy) is 1. The Morgan fingerprint density at radius 2 is 2.04 bits per heavy atom. The number of carbonyl (C=O) groups is 3. The van der Waals surface area contributed by atoms with E-state index in [9.17, 15) is 24.5 Å². The van der Waals surface area contributed by atoms with Crippen molar-refractivity contribution in [1.29, 1.82) is 0 Å². The van der Waals surface area contributed by atoms with E-state index in [2.05, 4.69) is 10.6 Å². The Morgan fingerprint density at radius 1 is 1.40 bits per heavy atom. The number of aryl methyl sites for hydroxylation is 1. The molecular weight excluding hydrogens is 332 g/mol. The van der Waals surface area contributed by atoms with Crippen LogP contribution in [0.3, 0.4) is 0 Å². The Bertz CT molecular complexity index is 774. The minimum atomic E-state index is -1.07. The van der Waals surface area contributed by atoms with Crippen molar-refractivity contribution in [2.45, 2.75) is 26.3 Å². The van der Waals surface area contributed by atoms with Gasteiger partial charge < -0.3 is 15.4 Å². The van der Waals surface area contributed by atoms with E-state index >= 15 is 0 Å². The highest BCUT2D eigenvalue weighted by atomic mass is 16.6. The van der Waals surface area contributed by atoms with Gasteiger partial charge in [-0.2, -0.15) is 0 Å². The van der Waals surface area contributed by atoms with E-state index < -0.39 is 34.9 Å². The molecule has 2 rings (SSSR count). The van der Waals surface area contributed by atoms with E-state index in [0.717, 1.165) is 4.90 Å². The summed E-state index contributed by atoms with van der Waals surface area (Å²) in [6.07, 6.45) is 0. The van der Waals surface area contributed by atoms with Crippen LogP contribution in [0.25, 0.3) is 0 Å².